The molecule has 4 rings (SSSR count). The number of rotatable bonds is 6. The second-order valence-electron chi connectivity index (χ2n) is 7.61. The first-order valence-corrected chi connectivity index (χ1v) is 10.7. The van der Waals surface area contributed by atoms with Crippen LogP contribution in [-0.2, 0) is 17.8 Å². The van der Waals surface area contributed by atoms with Crippen molar-refractivity contribution < 1.29 is 13.6 Å². The van der Waals surface area contributed by atoms with Crippen molar-refractivity contribution in [1.82, 2.24) is 14.8 Å². The fourth-order valence-corrected chi connectivity index (χ4v) is 3.80. The van der Waals surface area contributed by atoms with Crippen LogP contribution in [-0.4, -0.2) is 20.7 Å². The van der Waals surface area contributed by atoms with Crippen LogP contribution in [0, 0.1) is 25.5 Å². The van der Waals surface area contributed by atoms with E-state index >= 15 is 0 Å². The molecule has 0 fully saturated rings. The number of amides is 1. The van der Waals surface area contributed by atoms with Gasteiger partial charge in [0.05, 0.1) is 35.7 Å². The minimum Gasteiger partial charge on any atom is -0.303 e. The normalized spacial score (nSPS) is 10.9. The van der Waals surface area contributed by atoms with Crippen molar-refractivity contribution >= 4 is 23.2 Å². The average molecular weight is 467 g/mol. The van der Waals surface area contributed by atoms with Gasteiger partial charge in [-0.2, -0.15) is 5.10 Å². The molecule has 1 amide bonds. The molecular formula is C25H21ClF2N4O. The number of aryl methyl sites for hydroxylation is 1. The van der Waals surface area contributed by atoms with E-state index in [1.165, 1.54) is 11.0 Å². The first kappa shape index (κ1) is 22.6. The van der Waals surface area contributed by atoms with Gasteiger partial charge in [-0.25, -0.2) is 13.5 Å². The maximum atomic E-state index is 14.6. The maximum Gasteiger partial charge on any atom is 0.231 e. The lowest BCUT2D eigenvalue weighted by atomic mass is 10.1. The van der Waals surface area contributed by atoms with Crippen LogP contribution >= 0.6 is 11.6 Å². The summed E-state index contributed by atoms with van der Waals surface area (Å²) in [6.07, 6.45) is 1.60. The van der Waals surface area contributed by atoms with Crippen molar-refractivity contribution in [1.29, 1.82) is 0 Å². The molecule has 168 valence electrons. The van der Waals surface area contributed by atoms with Gasteiger partial charge in [0.25, 0.3) is 0 Å². The standard InChI is InChI=1S/C25H21ClF2N4O/c1-16-22(17(2)32(30-16)21-9-6-18(26)7-10-21)14-25(33)31(15-20-5-3-4-12-29-20)24-11-8-19(27)13-23(24)28/h3-13H,14-15H2,1-2H3. The predicted octanol–water partition coefficient (Wildman–Crippen LogP) is 5.59. The minimum atomic E-state index is -0.815. The van der Waals surface area contributed by atoms with Crippen LogP contribution in [0.3, 0.4) is 0 Å². The predicted molar refractivity (Wildman–Crippen MR) is 124 cm³/mol. The highest BCUT2D eigenvalue weighted by atomic mass is 35.5. The van der Waals surface area contributed by atoms with E-state index in [9.17, 15) is 13.6 Å². The van der Waals surface area contributed by atoms with Gasteiger partial charge in [0, 0.05) is 28.5 Å². The Kier molecular flexibility index (Phi) is 6.51. The highest BCUT2D eigenvalue weighted by Crippen LogP contribution is 2.25. The number of halogens is 3. The van der Waals surface area contributed by atoms with Crippen LogP contribution < -0.4 is 4.90 Å². The lowest BCUT2D eigenvalue weighted by Crippen LogP contribution is -2.33. The number of carbonyl (C=O) groups excluding carboxylic acids is 1. The third kappa shape index (κ3) is 4.93. The molecule has 0 radical (unpaired) electrons. The van der Waals surface area contributed by atoms with Gasteiger partial charge in [-0.3, -0.25) is 9.78 Å². The fourth-order valence-electron chi connectivity index (χ4n) is 3.67. The number of hydrogen-bond donors (Lipinski definition) is 0. The Hall–Kier alpha value is -3.58. The molecule has 5 nitrogen and oxygen atoms in total. The second-order valence-corrected chi connectivity index (χ2v) is 8.05. The number of benzene rings is 2. The van der Waals surface area contributed by atoms with E-state index in [2.05, 4.69) is 10.1 Å². The van der Waals surface area contributed by atoms with Crippen molar-refractivity contribution in [2.24, 2.45) is 0 Å². The first-order chi connectivity index (χ1) is 15.8. The summed E-state index contributed by atoms with van der Waals surface area (Å²) in [7, 11) is 0. The SMILES string of the molecule is Cc1nn(-c2ccc(Cl)cc2)c(C)c1CC(=O)N(Cc1ccccn1)c1ccc(F)cc1F. The molecule has 2 heterocycles. The minimum absolute atomic E-state index is 0.00505. The Bertz CT molecular complexity index is 1290. The zero-order valence-corrected chi connectivity index (χ0v) is 18.9. The Balaban J connectivity index is 1.68. The van der Waals surface area contributed by atoms with Crippen LogP contribution in [0.15, 0.2) is 66.9 Å². The molecule has 0 atom stereocenters. The fraction of sp³-hybridized carbons (Fsp3) is 0.160. The molecule has 0 N–H and O–H groups in total. The zero-order valence-electron chi connectivity index (χ0n) is 18.1. The smallest absolute Gasteiger partial charge is 0.231 e. The molecule has 8 heteroatoms. The summed E-state index contributed by atoms with van der Waals surface area (Å²) in [6, 6.07) is 15.7. The molecule has 2 aromatic heterocycles. The number of hydrogen-bond acceptors (Lipinski definition) is 3. The van der Waals surface area contributed by atoms with Crippen LogP contribution in [0.4, 0.5) is 14.5 Å². The summed E-state index contributed by atoms with van der Waals surface area (Å²) >= 11 is 5.99. The van der Waals surface area contributed by atoms with Gasteiger partial charge in [0.15, 0.2) is 0 Å². The largest absolute Gasteiger partial charge is 0.303 e. The van der Waals surface area contributed by atoms with Gasteiger partial charge in [-0.1, -0.05) is 17.7 Å². The van der Waals surface area contributed by atoms with Gasteiger partial charge < -0.3 is 4.90 Å². The van der Waals surface area contributed by atoms with Crippen LogP contribution in [0.2, 0.25) is 5.02 Å². The molecule has 0 saturated carbocycles. The molecule has 0 unspecified atom stereocenters. The molecule has 33 heavy (non-hydrogen) atoms. The highest BCUT2D eigenvalue weighted by Gasteiger charge is 2.24. The van der Waals surface area contributed by atoms with Gasteiger partial charge >= 0.3 is 0 Å². The van der Waals surface area contributed by atoms with Crippen molar-refractivity contribution in [3.8, 4) is 5.69 Å². The van der Waals surface area contributed by atoms with Gasteiger partial charge in [0.1, 0.15) is 11.6 Å². The first-order valence-electron chi connectivity index (χ1n) is 10.3. The summed E-state index contributed by atoms with van der Waals surface area (Å²) in [4.78, 5) is 19.0. The van der Waals surface area contributed by atoms with E-state index in [1.54, 1.807) is 41.2 Å². The number of pyridine rings is 1. The molecule has 0 saturated heterocycles. The molecule has 0 bridgehead atoms. The quantitative estimate of drug-likeness (QED) is 0.372. The molecule has 4 aromatic rings. The second kappa shape index (κ2) is 9.50. The summed E-state index contributed by atoms with van der Waals surface area (Å²) in [5, 5.41) is 5.19. The third-order valence-electron chi connectivity index (χ3n) is 5.39. The highest BCUT2D eigenvalue weighted by molar-refractivity contribution is 6.30. The summed E-state index contributed by atoms with van der Waals surface area (Å²) < 4.78 is 29.9. The van der Waals surface area contributed by atoms with E-state index in [0.717, 1.165) is 29.1 Å². The average Bonchev–Trinajstić information content (AvgIpc) is 3.07. The van der Waals surface area contributed by atoms with E-state index in [0.29, 0.717) is 16.4 Å². The Morgan fingerprint density at radius 2 is 1.82 bits per heavy atom. The zero-order chi connectivity index (χ0) is 23.5. The molecule has 0 aliphatic rings. The molecule has 2 aromatic carbocycles. The van der Waals surface area contributed by atoms with Crippen LogP contribution in [0.5, 0.6) is 0 Å². The van der Waals surface area contributed by atoms with Crippen LogP contribution in [0.25, 0.3) is 5.69 Å². The Morgan fingerprint density at radius 3 is 2.48 bits per heavy atom. The Labute approximate surface area is 195 Å². The number of anilines is 1. The molecular weight excluding hydrogens is 446 g/mol. The van der Waals surface area contributed by atoms with Gasteiger partial charge in [0.2, 0.25) is 5.91 Å². The summed E-state index contributed by atoms with van der Waals surface area (Å²) in [5.41, 5.74) is 3.61. The lowest BCUT2D eigenvalue weighted by molar-refractivity contribution is -0.118. The van der Waals surface area contributed by atoms with Gasteiger partial charge in [-0.05, 0) is 62.4 Å². The van der Waals surface area contributed by atoms with Crippen molar-refractivity contribution in [3.05, 3.63) is 106 Å². The summed E-state index contributed by atoms with van der Waals surface area (Å²) in [5.74, 6) is -1.88. The molecule has 0 spiro atoms. The Morgan fingerprint density at radius 1 is 1.06 bits per heavy atom. The van der Waals surface area contributed by atoms with Crippen LogP contribution in [0.1, 0.15) is 22.6 Å². The number of nitrogens with zero attached hydrogens (tertiary/aromatic N) is 4. The third-order valence-corrected chi connectivity index (χ3v) is 5.64. The summed E-state index contributed by atoms with van der Waals surface area (Å²) in [6.45, 7) is 3.74. The van der Waals surface area contributed by atoms with Crippen molar-refractivity contribution in [2.45, 2.75) is 26.8 Å². The van der Waals surface area contributed by atoms with Crippen molar-refractivity contribution in [2.75, 3.05) is 4.90 Å². The van der Waals surface area contributed by atoms with E-state index in [4.69, 9.17) is 11.6 Å². The van der Waals surface area contributed by atoms with E-state index in [-0.39, 0.29) is 24.6 Å². The maximum absolute atomic E-state index is 14.6. The van der Waals surface area contributed by atoms with Gasteiger partial charge in [-0.15, -0.1) is 0 Å². The van der Waals surface area contributed by atoms with Crippen molar-refractivity contribution in [3.63, 3.8) is 0 Å². The number of carbonyl (C=O) groups is 1. The van der Waals surface area contributed by atoms with E-state index in [1.807, 2.05) is 26.0 Å². The van der Waals surface area contributed by atoms with E-state index < -0.39 is 11.6 Å². The molecule has 0 aliphatic carbocycles. The molecule has 0 aliphatic heterocycles. The topological polar surface area (TPSA) is 51.0 Å². The number of aromatic nitrogens is 3. The lowest BCUT2D eigenvalue weighted by Gasteiger charge is -2.23. The monoisotopic (exact) mass is 466 g/mol.